The summed E-state index contributed by atoms with van der Waals surface area (Å²) in [6.07, 6.45) is 0. The third-order valence-electron chi connectivity index (χ3n) is 2.01. The predicted octanol–water partition coefficient (Wildman–Crippen LogP) is 2.96. The van der Waals surface area contributed by atoms with Crippen molar-refractivity contribution in [3.8, 4) is 0 Å². The third kappa shape index (κ3) is 1.23. The van der Waals surface area contributed by atoms with Gasteiger partial charge in [-0.2, -0.15) is 0 Å². The summed E-state index contributed by atoms with van der Waals surface area (Å²) >= 11 is 0. The lowest BCUT2D eigenvalue weighted by Crippen LogP contribution is -1.93. The topological polar surface area (TPSA) is 12.9 Å². The van der Waals surface area contributed by atoms with Gasteiger partial charge in [-0.25, -0.2) is 18.2 Å². The molecule has 14 heavy (non-hydrogen) atoms. The molecule has 1 aromatic heterocycles. The van der Waals surface area contributed by atoms with Crippen LogP contribution in [0.25, 0.3) is 10.9 Å². The molecule has 0 radical (unpaired) electrons. The van der Waals surface area contributed by atoms with E-state index in [1.54, 1.807) is 0 Å². The molecule has 0 amide bonds. The Morgan fingerprint density at radius 1 is 1.07 bits per heavy atom. The molecule has 0 bridgehead atoms. The van der Waals surface area contributed by atoms with E-state index < -0.39 is 17.5 Å². The number of nitrogens with zero attached hydrogens (tertiary/aromatic N) is 1. The summed E-state index contributed by atoms with van der Waals surface area (Å²) in [5.74, 6) is -2.70. The van der Waals surface area contributed by atoms with Crippen molar-refractivity contribution in [3.05, 3.63) is 41.3 Å². The summed E-state index contributed by atoms with van der Waals surface area (Å²) in [4.78, 5) is 3.80. The number of pyridine rings is 1. The summed E-state index contributed by atoms with van der Waals surface area (Å²) in [5.41, 5.74) is 0.423. The fourth-order valence-corrected chi connectivity index (χ4v) is 1.26. The molecule has 2 aromatic rings. The van der Waals surface area contributed by atoms with Crippen LogP contribution in [0.15, 0.2) is 18.2 Å². The molecular formula is C10H6F3N. The molecule has 1 heterocycles. The molecule has 0 atom stereocenters. The lowest BCUT2D eigenvalue weighted by Gasteiger charge is -2.02. The van der Waals surface area contributed by atoms with Gasteiger partial charge in [-0.05, 0) is 25.1 Å². The summed E-state index contributed by atoms with van der Waals surface area (Å²) in [5, 5.41) is -0.131. The fraction of sp³-hybridized carbons (Fsp3) is 0.100. The zero-order chi connectivity index (χ0) is 10.3. The molecule has 4 heteroatoms. The normalized spacial score (nSPS) is 10.9. The van der Waals surface area contributed by atoms with Gasteiger partial charge in [0.1, 0.15) is 5.82 Å². The van der Waals surface area contributed by atoms with Crippen molar-refractivity contribution in [1.29, 1.82) is 0 Å². The van der Waals surface area contributed by atoms with Gasteiger partial charge in [0.25, 0.3) is 0 Å². The highest BCUT2D eigenvalue weighted by atomic mass is 19.2. The van der Waals surface area contributed by atoms with E-state index in [-0.39, 0.29) is 16.6 Å². The van der Waals surface area contributed by atoms with Gasteiger partial charge in [0.2, 0.25) is 0 Å². The predicted molar refractivity (Wildman–Crippen MR) is 46.4 cm³/mol. The van der Waals surface area contributed by atoms with E-state index in [0.29, 0.717) is 0 Å². The first kappa shape index (κ1) is 8.99. The second-order valence-electron chi connectivity index (χ2n) is 2.98. The Balaban J connectivity index is 2.89. The van der Waals surface area contributed by atoms with E-state index in [4.69, 9.17) is 0 Å². The molecule has 0 saturated carbocycles. The van der Waals surface area contributed by atoms with Crippen LogP contribution in [0.1, 0.15) is 5.69 Å². The Labute approximate surface area is 78.2 Å². The van der Waals surface area contributed by atoms with E-state index in [0.717, 1.165) is 12.1 Å². The van der Waals surface area contributed by atoms with Gasteiger partial charge in [-0.3, -0.25) is 0 Å². The molecule has 0 spiro atoms. The molecule has 72 valence electrons. The smallest absolute Gasteiger partial charge is 0.168 e. The van der Waals surface area contributed by atoms with Crippen LogP contribution in [0, 0.1) is 24.4 Å². The van der Waals surface area contributed by atoms with Crippen LogP contribution in [0.5, 0.6) is 0 Å². The average molecular weight is 197 g/mol. The Bertz CT molecular complexity index is 508. The van der Waals surface area contributed by atoms with E-state index in [9.17, 15) is 13.2 Å². The van der Waals surface area contributed by atoms with Gasteiger partial charge in [0.05, 0.1) is 11.2 Å². The maximum Gasteiger partial charge on any atom is 0.168 e. The van der Waals surface area contributed by atoms with Crippen LogP contribution in [0.3, 0.4) is 0 Å². The lowest BCUT2D eigenvalue weighted by molar-refractivity contribution is 0.516. The van der Waals surface area contributed by atoms with Crippen LogP contribution in [-0.4, -0.2) is 4.98 Å². The number of rotatable bonds is 0. The molecule has 2 rings (SSSR count). The van der Waals surface area contributed by atoms with E-state index >= 15 is 0 Å². The standard InChI is InChI=1S/C10H6F3N/c1-5-8(12)4-6-9(14-5)3-2-7(11)10(6)13/h2-4H,1H3. The number of fused-ring (bicyclic) bond motifs is 1. The zero-order valence-electron chi connectivity index (χ0n) is 7.31. The van der Waals surface area contributed by atoms with Crippen molar-refractivity contribution >= 4 is 10.9 Å². The number of aromatic nitrogens is 1. The van der Waals surface area contributed by atoms with Crippen molar-refractivity contribution in [2.75, 3.05) is 0 Å². The summed E-state index contributed by atoms with van der Waals surface area (Å²) in [7, 11) is 0. The summed E-state index contributed by atoms with van der Waals surface area (Å²) < 4.78 is 38.9. The van der Waals surface area contributed by atoms with E-state index in [1.807, 2.05) is 0 Å². The minimum absolute atomic E-state index is 0.131. The Hall–Kier alpha value is -1.58. The van der Waals surface area contributed by atoms with Crippen molar-refractivity contribution < 1.29 is 13.2 Å². The van der Waals surface area contributed by atoms with Gasteiger partial charge in [0, 0.05) is 5.39 Å². The number of aryl methyl sites for hydroxylation is 1. The highest BCUT2D eigenvalue weighted by Gasteiger charge is 2.10. The Morgan fingerprint density at radius 3 is 2.50 bits per heavy atom. The maximum absolute atomic E-state index is 13.1. The third-order valence-corrected chi connectivity index (χ3v) is 2.01. The van der Waals surface area contributed by atoms with Crippen molar-refractivity contribution in [3.63, 3.8) is 0 Å². The number of hydrogen-bond donors (Lipinski definition) is 0. The fourth-order valence-electron chi connectivity index (χ4n) is 1.26. The molecule has 0 fully saturated rings. The largest absolute Gasteiger partial charge is 0.250 e. The molecule has 0 saturated heterocycles. The van der Waals surface area contributed by atoms with Crippen LogP contribution < -0.4 is 0 Å². The van der Waals surface area contributed by atoms with Crippen molar-refractivity contribution in [2.45, 2.75) is 6.92 Å². The molecule has 1 aromatic carbocycles. The van der Waals surface area contributed by atoms with Gasteiger partial charge in [0.15, 0.2) is 11.6 Å². The van der Waals surface area contributed by atoms with Gasteiger partial charge in [-0.1, -0.05) is 0 Å². The van der Waals surface area contributed by atoms with Gasteiger partial charge >= 0.3 is 0 Å². The molecule has 0 unspecified atom stereocenters. The number of halogens is 3. The highest BCUT2D eigenvalue weighted by molar-refractivity contribution is 5.79. The van der Waals surface area contributed by atoms with Gasteiger partial charge < -0.3 is 0 Å². The first-order valence-corrected chi connectivity index (χ1v) is 4.00. The minimum Gasteiger partial charge on any atom is -0.250 e. The molecular weight excluding hydrogens is 191 g/mol. The first-order chi connectivity index (χ1) is 6.59. The van der Waals surface area contributed by atoms with E-state index in [2.05, 4.69) is 4.98 Å². The van der Waals surface area contributed by atoms with Gasteiger partial charge in [-0.15, -0.1) is 0 Å². The summed E-state index contributed by atoms with van der Waals surface area (Å²) in [6, 6.07) is 3.25. The highest BCUT2D eigenvalue weighted by Crippen LogP contribution is 2.20. The van der Waals surface area contributed by atoms with Crippen LogP contribution >= 0.6 is 0 Å². The van der Waals surface area contributed by atoms with Crippen LogP contribution in [-0.2, 0) is 0 Å². The zero-order valence-corrected chi connectivity index (χ0v) is 7.31. The minimum atomic E-state index is -1.06. The van der Waals surface area contributed by atoms with Crippen LogP contribution in [0.4, 0.5) is 13.2 Å². The molecule has 1 nitrogen and oxygen atoms in total. The average Bonchev–Trinajstić information content (AvgIpc) is 2.15. The lowest BCUT2D eigenvalue weighted by atomic mass is 10.2. The molecule has 0 aliphatic rings. The van der Waals surface area contributed by atoms with E-state index in [1.165, 1.54) is 13.0 Å². The second kappa shape index (κ2) is 2.97. The Morgan fingerprint density at radius 2 is 1.79 bits per heavy atom. The monoisotopic (exact) mass is 197 g/mol. The SMILES string of the molecule is Cc1nc2ccc(F)c(F)c2cc1F. The van der Waals surface area contributed by atoms with Crippen LogP contribution in [0.2, 0.25) is 0 Å². The molecule has 0 N–H and O–H groups in total. The summed E-state index contributed by atoms with van der Waals surface area (Å²) in [6.45, 7) is 1.47. The van der Waals surface area contributed by atoms with Crippen molar-refractivity contribution in [2.24, 2.45) is 0 Å². The quantitative estimate of drug-likeness (QED) is 0.632. The van der Waals surface area contributed by atoms with Crippen molar-refractivity contribution in [1.82, 2.24) is 4.98 Å². The molecule has 0 aliphatic carbocycles. The maximum atomic E-state index is 13.1. The Kier molecular flexibility index (Phi) is 1.91. The number of hydrogen-bond acceptors (Lipinski definition) is 1. The molecule has 0 aliphatic heterocycles. The number of benzene rings is 1. The first-order valence-electron chi connectivity index (χ1n) is 4.00. The second-order valence-corrected chi connectivity index (χ2v) is 2.98.